The van der Waals surface area contributed by atoms with Gasteiger partial charge in [-0.25, -0.2) is 8.78 Å². The van der Waals surface area contributed by atoms with Gasteiger partial charge in [-0.15, -0.1) is 0 Å². The SMILES string of the molecule is C=C1C(C)=C(C#N)C(=O)N1c1ccc(F)cc1F. The molecular weight excluding hydrogens is 238 g/mol. The maximum Gasteiger partial charge on any atom is 0.273 e. The molecule has 0 saturated heterocycles. The first kappa shape index (κ1) is 12.0. The van der Waals surface area contributed by atoms with Gasteiger partial charge < -0.3 is 0 Å². The zero-order valence-corrected chi connectivity index (χ0v) is 9.50. The van der Waals surface area contributed by atoms with E-state index in [-0.39, 0.29) is 17.0 Å². The second-order valence-corrected chi connectivity index (χ2v) is 3.79. The summed E-state index contributed by atoms with van der Waals surface area (Å²) < 4.78 is 26.5. The maximum atomic E-state index is 13.6. The molecule has 0 aliphatic carbocycles. The Morgan fingerprint density at radius 1 is 1.39 bits per heavy atom. The Bertz CT molecular complexity index is 641. The zero-order chi connectivity index (χ0) is 13.4. The Kier molecular flexibility index (Phi) is 2.71. The molecule has 90 valence electrons. The van der Waals surface area contributed by atoms with Crippen molar-refractivity contribution < 1.29 is 13.6 Å². The van der Waals surface area contributed by atoms with E-state index in [2.05, 4.69) is 6.58 Å². The Morgan fingerprint density at radius 3 is 2.56 bits per heavy atom. The van der Waals surface area contributed by atoms with Gasteiger partial charge in [-0.2, -0.15) is 5.26 Å². The number of halogens is 2. The summed E-state index contributed by atoms with van der Waals surface area (Å²) in [5.74, 6) is -2.26. The van der Waals surface area contributed by atoms with Crippen LogP contribution in [0.2, 0.25) is 0 Å². The maximum absolute atomic E-state index is 13.6. The molecule has 0 atom stereocenters. The summed E-state index contributed by atoms with van der Waals surface area (Å²) in [6, 6.07) is 4.61. The number of rotatable bonds is 1. The average Bonchev–Trinajstić information content (AvgIpc) is 2.52. The number of anilines is 1. The minimum Gasteiger partial charge on any atom is -0.274 e. The van der Waals surface area contributed by atoms with Gasteiger partial charge in [0.15, 0.2) is 0 Å². The molecule has 1 amide bonds. The van der Waals surface area contributed by atoms with E-state index < -0.39 is 17.5 Å². The lowest BCUT2D eigenvalue weighted by atomic mass is 10.2. The molecule has 0 N–H and O–H groups in total. The molecule has 0 fully saturated rings. The highest BCUT2D eigenvalue weighted by molar-refractivity contribution is 6.15. The third-order valence-electron chi connectivity index (χ3n) is 2.76. The first-order valence-corrected chi connectivity index (χ1v) is 5.07. The van der Waals surface area contributed by atoms with Crippen LogP contribution in [0.3, 0.4) is 0 Å². The number of hydrogen-bond donors (Lipinski definition) is 0. The molecule has 0 saturated carbocycles. The first-order valence-electron chi connectivity index (χ1n) is 5.07. The Labute approximate surface area is 102 Å². The molecule has 0 spiro atoms. The molecule has 0 unspecified atom stereocenters. The van der Waals surface area contributed by atoms with Crippen molar-refractivity contribution >= 4 is 11.6 Å². The van der Waals surface area contributed by atoms with Gasteiger partial charge in [-0.1, -0.05) is 6.58 Å². The summed E-state index contributed by atoms with van der Waals surface area (Å²) in [7, 11) is 0. The Hall–Kier alpha value is -2.48. The zero-order valence-electron chi connectivity index (χ0n) is 9.50. The fraction of sp³-hybridized carbons (Fsp3) is 0.0769. The summed E-state index contributed by atoms with van der Waals surface area (Å²) >= 11 is 0. The van der Waals surface area contributed by atoms with Crippen molar-refractivity contribution in [1.82, 2.24) is 0 Å². The molecule has 1 aromatic carbocycles. The predicted octanol–water partition coefficient (Wildman–Crippen LogP) is 2.67. The van der Waals surface area contributed by atoms with Crippen LogP contribution in [0.25, 0.3) is 0 Å². The van der Waals surface area contributed by atoms with E-state index in [1.54, 1.807) is 13.0 Å². The number of benzene rings is 1. The highest BCUT2D eigenvalue weighted by Crippen LogP contribution is 2.34. The van der Waals surface area contributed by atoms with Crippen molar-refractivity contribution in [3.8, 4) is 6.07 Å². The Balaban J connectivity index is 2.53. The number of nitriles is 1. The number of allylic oxidation sites excluding steroid dienone is 1. The summed E-state index contributed by atoms with van der Waals surface area (Å²) in [5.41, 5.74) is 0.424. The fourth-order valence-electron chi connectivity index (χ4n) is 1.76. The van der Waals surface area contributed by atoms with Gasteiger partial charge in [-0.05, 0) is 24.6 Å². The van der Waals surface area contributed by atoms with Gasteiger partial charge in [0.1, 0.15) is 23.3 Å². The van der Waals surface area contributed by atoms with E-state index in [9.17, 15) is 13.6 Å². The molecule has 0 aromatic heterocycles. The van der Waals surface area contributed by atoms with Crippen molar-refractivity contribution in [1.29, 1.82) is 5.26 Å². The van der Waals surface area contributed by atoms with Crippen LogP contribution in [-0.2, 0) is 4.79 Å². The molecule has 3 nitrogen and oxygen atoms in total. The lowest BCUT2D eigenvalue weighted by molar-refractivity contribution is -0.113. The van der Waals surface area contributed by atoms with Crippen molar-refractivity contribution in [2.45, 2.75) is 6.92 Å². The quantitative estimate of drug-likeness (QED) is 0.764. The molecule has 18 heavy (non-hydrogen) atoms. The van der Waals surface area contributed by atoms with E-state index in [4.69, 9.17) is 5.26 Å². The molecule has 0 radical (unpaired) electrons. The number of hydrogen-bond acceptors (Lipinski definition) is 2. The minimum absolute atomic E-state index is 0.0799. The molecule has 1 aromatic rings. The monoisotopic (exact) mass is 246 g/mol. The van der Waals surface area contributed by atoms with E-state index in [1.807, 2.05) is 0 Å². The van der Waals surface area contributed by atoms with Gasteiger partial charge in [0, 0.05) is 11.8 Å². The summed E-state index contributed by atoms with van der Waals surface area (Å²) in [6.45, 7) is 5.20. The molecule has 5 heteroatoms. The summed E-state index contributed by atoms with van der Waals surface area (Å²) in [5, 5.41) is 8.85. The molecular formula is C13H8F2N2O. The number of nitrogens with zero attached hydrogens (tertiary/aromatic N) is 2. The van der Waals surface area contributed by atoms with Crippen LogP contribution in [0.5, 0.6) is 0 Å². The van der Waals surface area contributed by atoms with E-state index in [0.29, 0.717) is 11.6 Å². The van der Waals surface area contributed by atoms with Crippen LogP contribution in [-0.4, -0.2) is 5.91 Å². The van der Waals surface area contributed by atoms with Gasteiger partial charge in [0.05, 0.1) is 5.69 Å². The van der Waals surface area contributed by atoms with Gasteiger partial charge in [0.2, 0.25) is 0 Å². The van der Waals surface area contributed by atoms with Crippen LogP contribution in [0.1, 0.15) is 6.92 Å². The van der Waals surface area contributed by atoms with Crippen LogP contribution in [0.15, 0.2) is 41.6 Å². The lowest BCUT2D eigenvalue weighted by Gasteiger charge is -2.18. The molecule has 1 heterocycles. The normalized spacial score (nSPS) is 15.3. The average molecular weight is 246 g/mol. The largest absolute Gasteiger partial charge is 0.274 e. The second-order valence-electron chi connectivity index (χ2n) is 3.79. The highest BCUT2D eigenvalue weighted by Gasteiger charge is 2.34. The van der Waals surface area contributed by atoms with Crippen LogP contribution in [0, 0.1) is 23.0 Å². The number of carbonyl (C=O) groups is 1. The number of amides is 1. The van der Waals surface area contributed by atoms with E-state index in [0.717, 1.165) is 17.0 Å². The third kappa shape index (κ3) is 1.59. The van der Waals surface area contributed by atoms with Gasteiger partial charge in [-0.3, -0.25) is 9.69 Å². The minimum atomic E-state index is -0.878. The van der Waals surface area contributed by atoms with Crippen molar-refractivity contribution in [2.75, 3.05) is 4.90 Å². The third-order valence-corrected chi connectivity index (χ3v) is 2.76. The van der Waals surface area contributed by atoms with E-state index in [1.165, 1.54) is 0 Å². The van der Waals surface area contributed by atoms with Crippen LogP contribution in [0.4, 0.5) is 14.5 Å². The predicted molar refractivity (Wildman–Crippen MR) is 61.3 cm³/mol. The fourth-order valence-corrected chi connectivity index (χ4v) is 1.76. The topological polar surface area (TPSA) is 44.1 Å². The molecule has 0 bridgehead atoms. The Morgan fingerprint density at radius 2 is 2.06 bits per heavy atom. The molecule has 1 aliphatic rings. The van der Waals surface area contributed by atoms with Crippen LogP contribution >= 0.6 is 0 Å². The standard InChI is InChI=1S/C13H8F2N2O/c1-7-8(2)17(13(18)10(7)6-16)12-4-3-9(14)5-11(12)15/h3-5H,2H2,1H3. The molecule has 1 aliphatic heterocycles. The lowest BCUT2D eigenvalue weighted by Crippen LogP contribution is -2.25. The van der Waals surface area contributed by atoms with Crippen molar-refractivity contribution in [3.63, 3.8) is 0 Å². The second kappa shape index (κ2) is 4.08. The summed E-state index contributed by atoms with van der Waals surface area (Å²) in [4.78, 5) is 12.9. The molecule has 2 rings (SSSR count). The highest BCUT2D eigenvalue weighted by atomic mass is 19.1. The smallest absolute Gasteiger partial charge is 0.273 e. The van der Waals surface area contributed by atoms with E-state index >= 15 is 0 Å². The van der Waals surface area contributed by atoms with Gasteiger partial charge in [0.25, 0.3) is 5.91 Å². The van der Waals surface area contributed by atoms with Crippen molar-refractivity contribution in [2.24, 2.45) is 0 Å². The first-order chi connectivity index (χ1) is 8.47. The van der Waals surface area contributed by atoms with Crippen molar-refractivity contribution in [3.05, 3.63) is 53.3 Å². The van der Waals surface area contributed by atoms with Crippen LogP contribution < -0.4 is 4.90 Å². The summed E-state index contributed by atoms with van der Waals surface area (Å²) in [6.07, 6.45) is 0. The number of carbonyl (C=O) groups excluding carboxylic acids is 1. The van der Waals surface area contributed by atoms with Gasteiger partial charge >= 0.3 is 0 Å².